The van der Waals surface area contributed by atoms with Crippen LogP contribution in [0.15, 0.2) is 24.3 Å². The zero-order valence-electron chi connectivity index (χ0n) is 11.6. The molecule has 4 heteroatoms. The van der Waals surface area contributed by atoms with Gasteiger partial charge in [0, 0.05) is 26.1 Å². The van der Waals surface area contributed by atoms with Gasteiger partial charge in [-0.15, -0.1) is 0 Å². The number of benzene rings is 1. The highest BCUT2D eigenvalue weighted by molar-refractivity contribution is 5.78. The molecule has 1 saturated heterocycles. The summed E-state index contributed by atoms with van der Waals surface area (Å²) in [6, 6.07) is 8.11. The molecule has 0 saturated carbocycles. The van der Waals surface area contributed by atoms with Crippen LogP contribution in [0.3, 0.4) is 0 Å². The molecule has 104 valence electrons. The van der Waals surface area contributed by atoms with Gasteiger partial charge in [-0.05, 0) is 24.5 Å². The Labute approximate surface area is 114 Å². The first-order valence-electron chi connectivity index (χ1n) is 6.74. The first kappa shape index (κ1) is 14.0. The van der Waals surface area contributed by atoms with Crippen LogP contribution in [-0.2, 0) is 9.53 Å². The number of carbonyl (C=O) groups excluding carboxylic acids is 1. The van der Waals surface area contributed by atoms with E-state index in [1.54, 1.807) is 7.11 Å². The van der Waals surface area contributed by atoms with Gasteiger partial charge in [0.05, 0.1) is 12.6 Å². The average molecular weight is 262 g/mol. The first-order valence-corrected chi connectivity index (χ1v) is 6.74. The molecule has 2 N–H and O–H groups in total. The minimum absolute atomic E-state index is 0.00402. The molecule has 1 aliphatic rings. The maximum absolute atomic E-state index is 12.2. The quantitative estimate of drug-likeness (QED) is 0.897. The number of nitrogens with two attached hydrogens (primary N) is 1. The van der Waals surface area contributed by atoms with Crippen LogP contribution in [0.25, 0.3) is 0 Å². The highest BCUT2D eigenvalue weighted by Gasteiger charge is 2.35. The third-order valence-electron chi connectivity index (χ3n) is 3.80. The Morgan fingerprint density at radius 2 is 2.16 bits per heavy atom. The predicted molar refractivity (Wildman–Crippen MR) is 74.7 cm³/mol. The van der Waals surface area contributed by atoms with E-state index in [2.05, 4.69) is 19.1 Å². The van der Waals surface area contributed by atoms with E-state index in [0.29, 0.717) is 19.6 Å². The Morgan fingerprint density at radius 3 is 2.84 bits per heavy atom. The number of aryl methyl sites for hydroxylation is 1. The van der Waals surface area contributed by atoms with Crippen molar-refractivity contribution in [3.8, 4) is 0 Å². The molecule has 0 bridgehead atoms. The van der Waals surface area contributed by atoms with Crippen molar-refractivity contribution in [2.45, 2.75) is 31.8 Å². The topological polar surface area (TPSA) is 55.6 Å². The smallest absolute Gasteiger partial charge is 0.223 e. The lowest BCUT2D eigenvalue weighted by Gasteiger charge is -2.40. The highest BCUT2D eigenvalue weighted by atomic mass is 16.5. The number of hydrogen-bond acceptors (Lipinski definition) is 3. The van der Waals surface area contributed by atoms with Crippen LogP contribution in [0.1, 0.15) is 30.0 Å². The summed E-state index contributed by atoms with van der Waals surface area (Å²) in [4.78, 5) is 14.0. The fraction of sp³-hybridized carbons (Fsp3) is 0.533. The lowest BCUT2D eigenvalue weighted by atomic mass is 9.88. The summed E-state index contributed by atoms with van der Waals surface area (Å²) in [6.45, 7) is 3.21. The van der Waals surface area contributed by atoms with E-state index < -0.39 is 0 Å². The van der Waals surface area contributed by atoms with Gasteiger partial charge in [0.15, 0.2) is 0 Å². The fourth-order valence-electron chi connectivity index (χ4n) is 2.75. The summed E-state index contributed by atoms with van der Waals surface area (Å²) in [6.07, 6.45) is 1.29. The molecular weight excluding hydrogens is 240 g/mol. The second-order valence-corrected chi connectivity index (χ2v) is 5.08. The van der Waals surface area contributed by atoms with Crippen LogP contribution in [0.4, 0.5) is 0 Å². The molecule has 19 heavy (non-hydrogen) atoms. The van der Waals surface area contributed by atoms with E-state index >= 15 is 0 Å². The van der Waals surface area contributed by atoms with Gasteiger partial charge >= 0.3 is 0 Å². The highest BCUT2D eigenvalue weighted by Crippen LogP contribution is 2.32. The lowest BCUT2D eigenvalue weighted by molar-refractivity contribution is -0.138. The van der Waals surface area contributed by atoms with Crippen LogP contribution >= 0.6 is 0 Å². The van der Waals surface area contributed by atoms with Gasteiger partial charge in [-0.3, -0.25) is 4.79 Å². The first-order chi connectivity index (χ1) is 9.15. The van der Waals surface area contributed by atoms with Crippen LogP contribution in [0.5, 0.6) is 0 Å². The molecule has 0 aromatic heterocycles. The second-order valence-electron chi connectivity index (χ2n) is 5.08. The number of piperidine rings is 1. The minimum atomic E-state index is -0.0300. The van der Waals surface area contributed by atoms with E-state index in [1.165, 1.54) is 5.56 Å². The number of hydrogen-bond donors (Lipinski definition) is 1. The molecule has 1 aromatic carbocycles. The van der Waals surface area contributed by atoms with E-state index in [4.69, 9.17) is 10.5 Å². The Bertz CT molecular complexity index is 448. The zero-order valence-corrected chi connectivity index (χ0v) is 11.6. The maximum Gasteiger partial charge on any atom is 0.223 e. The standard InChI is InChI=1S/C15H22N2O2/c1-11-5-3-4-6-12(11)15-13(16)7-8-14(18)17(15)9-10-19-2/h3-6,13,15H,7-10,16H2,1-2H3. The van der Waals surface area contributed by atoms with E-state index in [0.717, 1.165) is 12.0 Å². The Balaban J connectivity index is 2.31. The number of methoxy groups -OCH3 is 1. The molecule has 0 aliphatic carbocycles. The van der Waals surface area contributed by atoms with E-state index in [1.807, 2.05) is 17.0 Å². The fourth-order valence-corrected chi connectivity index (χ4v) is 2.75. The molecule has 1 amide bonds. The molecule has 2 unspecified atom stereocenters. The molecule has 2 rings (SSSR count). The maximum atomic E-state index is 12.2. The van der Waals surface area contributed by atoms with Crippen LogP contribution in [0.2, 0.25) is 0 Å². The van der Waals surface area contributed by atoms with Gasteiger partial charge in [0.1, 0.15) is 0 Å². The van der Waals surface area contributed by atoms with E-state index in [9.17, 15) is 4.79 Å². The predicted octanol–water partition coefficient (Wildman–Crippen LogP) is 1.63. The van der Waals surface area contributed by atoms with Gasteiger partial charge < -0.3 is 15.4 Å². The SMILES string of the molecule is COCCN1C(=O)CCC(N)C1c1ccccc1C. The molecule has 1 fully saturated rings. The molecular formula is C15H22N2O2. The van der Waals surface area contributed by atoms with Crippen LogP contribution in [0, 0.1) is 6.92 Å². The van der Waals surface area contributed by atoms with Gasteiger partial charge in [-0.25, -0.2) is 0 Å². The van der Waals surface area contributed by atoms with Crippen LogP contribution < -0.4 is 5.73 Å². The molecule has 0 spiro atoms. The van der Waals surface area contributed by atoms with E-state index in [-0.39, 0.29) is 18.0 Å². The Hall–Kier alpha value is -1.39. The van der Waals surface area contributed by atoms with Crippen molar-refractivity contribution < 1.29 is 9.53 Å². The van der Waals surface area contributed by atoms with Gasteiger partial charge in [0.25, 0.3) is 0 Å². The summed E-state index contributed by atoms with van der Waals surface area (Å²) in [7, 11) is 1.65. The average Bonchev–Trinajstić information content (AvgIpc) is 2.41. The number of rotatable bonds is 4. The molecule has 0 radical (unpaired) electrons. The molecule has 1 aliphatic heterocycles. The molecule has 1 aromatic rings. The van der Waals surface area contributed by atoms with Crippen molar-refractivity contribution in [3.63, 3.8) is 0 Å². The minimum Gasteiger partial charge on any atom is -0.383 e. The summed E-state index contributed by atoms with van der Waals surface area (Å²) in [5.74, 6) is 0.173. The number of nitrogens with zero attached hydrogens (tertiary/aromatic N) is 1. The van der Waals surface area contributed by atoms with Gasteiger partial charge in [0.2, 0.25) is 5.91 Å². The summed E-state index contributed by atoms with van der Waals surface area (Å²) in [5, 5.41) is 0. The normalized spacial score (nSPS) is 23.7. The van der Waals surface area contributed by atoms with Gasteiger partial charge in [-0.1, -0.05) is 24.3 Å². The van der Waals surface area contributed by atoms with Gasteiger partial charge in [-0.2, -0.15) is 0 Å². The van der Waals surface area contributed by atoms with Crippen molar-refractivity contribution in [3.05, 3.63) is 35.4 Å². The van der Waals surface area contributed by atoms with Crippen LogP contribution in [-0.4, -0.2) is 37.1 Å². The number of carbonyl (C=O) groups is 1. The van der Waals surface area contributed by atoms with Crippen molar-refractivity contribution in [2.75, 3.05) is 20.3 Å². The molecule has 1 heterocycles. The second kappa shape index (κ2) is 6.17. The van der Waals surface area contributed by atoms with Crippen molar-refractivity contribution in [1.82, 2.24) is 4.90 Å². The van der Waals surface area contributed by atoms with Crippen molar-refractivity contribution in [1.29, 1.82) is 0 Å². The number of ether oxygens (including phenoxy) is 1. The summed E-state index contributed by atoms with van der Waals surface area (Å²) in [5.41, 5.74) is 8.60. The molecule has 2 atom stereocenters. The third kappa shape index (κ3) is 2.96. The zero-order chi connectivity index (χ0) is 13.8. The lowest BCUT2D eigenvalue weighted by Crippen LogP contribution is -2.50. The summed E-state index contributed by atoms with van der Waals surface area (Å²) < 4.78 is 5.11. The monoisotopic (exact) mass is 262 g/mol. The summed E-state index contributed by atoms with van der Waals surface area (Å²) >= 11 is 0. The number of likely N-dealkylation sites (tertiary alicyclic amines) is 1. The third-order valence-corrected chi connectivity index (χ3v) is 3.80. The largest absolute Gasteiger partial charge is 0.383 e. The van der Waals surface area contributed by atoms with Crippen molar-refractivity contribution in [2.24, 2.45) is 5.73 Å². The van der Waals surface area contributed by atoms with Crippen molar-refractivity contribution >= 4 is 5.91 Å². The Kier molecular flexibility index (Phi) is 4.56. The Morgan fingerprint density at radius 1 is 1.42 bits per heavy atom. The number of amides is 1. The molecule has 4 nitrogen and oxygen atoms in total.